The van der Waals surface area contributed by atoms with Crippen molar-refractivity contribution >= 4 is 0 Å². The molecule has 3 atom stereocenters. The zero-order chi connectivity index (χ0) is 10.7. The van der Waals surface area contributed by atoms with Gasteiger partial charge in [0.15, 0.2) is 0 Å². The standard InChI is InChI=1S/C13H16O2/c1-2-10-9-15-13(8-12(10)14)11-6-4-3-5-7-11/h2-7,10,12-14H,1,8-9H2/t10-,12+,13-/m0/s1. The van der Waals surface area contributed by atoms with Gasteiger partial charge in [-0.3, -0.25) is 0 Å². The van der Waals surface area contributed by atoms with Crippen molar-refractivity contribution in [3.05, 3.63) is 48.6 Å². The Hall–Kier alpha value is -1.12. The van der Waals surface area contributed by atoms with E-state index in [9.17, 15) is 5.11 Å². The lowest BCUT2D eigenvalue weighted by Crippen LogP contribution is -2.32. The van der Waals surface area contributed by atoms with Crippen molar-refractivity contribution in [3.63, 3.8) is 0 Å². The molecule has 0 unspecified atom stereocenters. The summed E-state index contributed by atoms with van der Waals surface area (Å²) in [5, 5.41) is 9.85. The Labute approximate surface area is 90.2 Å². The molecule has 1 heterocycles. The molecule has 0 aliphatic carbocycles. The van der Waals surface area contributed by atoms with Gasteiger partial charge >= 0.3 is 0 Å². The SMILES string of the molecule is C=C[C@H]1CO[C@H](c2ccccc2)C[C@H]1O. The van der Waals surface area contributed by atoms with E-state index in [2.05, 4.69) is 6.58 Å². The van der Waals surface area contributed by atoms with Crippen LogP contribution in [0, 0.1) is 5.92 Å². The maximum absolute atomic E-state index is 9.85. The van der Waals surface area contributed by atoms with E-state index in [0.29, 0.717) is 13.0 Å². The number of benzene rings is 1. The molecule has 2 nitrogen and oxygen atoms in total. The monoisotopic (exact) mass is 204 g/mol. The molecule has 0 radical (unpaired) electrons. The first-order valence-electron chi connectivity index (χ1n) is 5.28. The van der Waals surface area contributed by atoms with Crippen molar-refractivity contribution in [1.29, 1.82) is 0 Å². The lowest BCUT2D eigenvalue weighted by molar-refractivity contribution is -0.0705. The molecule has 1 aliphatic heterocycles. The van der Waals surface area contributed by atoms with E-state index in [0.717, 1.165) is 5.56 Å². The molecule has 15 heavy (non-hydrogen) atoms. The third kappa shape index (κ3) is 2.28. The van der Waals surface area contributed by atoms with Crippen molar-refractivity contribution in [2.75, 3.05) is 6.61 Å². The minimum atomic E-state index is -0.332. The Bertz CT molecular complexity index is 321. The highest BCUT2D eigenvalue weighted by atomic mass is 16.5. The predicted molar refractivity (Wildman–Crippen MR) is 59.4 cm³/mol. The second kappa shape index (κ2) is 4.60. The van der Waals surface area contributed by atoms with Gasteiger partial charge in [-0.05, 0) is 5.56 Å². The van der Waals surface area contributed by atoms with Crippen molar-refractivity contribution in [2.24, 2.45) is 5.92 Å². The van der Waals surface area contributed by atoms with Crippen LogP contribution in [-0.2, 0) is 4.74 Å². The van der Waals surface area contributed by atoms with Crippen LogP contribution >= 0.6 is 0 Å². The molecule has 1 aromatic carbocycles. The molecule has 80 valence electrons. The summed E-state index contributed by atoms with van der Waals surface area (Å²) in [5.74, 6) is 0.0740. The van der Waals surface area contributed by atoms with E-state index in [4.69, 9.17) is 4.74 Å². The highest BCUT2D eigenvalue weighted by Gasteiger charge is 2.28. The van der Waals surface area contributed by atoms with Crippen LogP contribution in [-0.4, -0.2) is 17.8 Å². The number of aliphatic hydroxyl groups is 1. The van der Waals surface area contributed by atoms with Crippen LogP contribution in [0.2, 0.25) is 0 Å². The number of hydrogen-bond donors (Lipinski definition) is 1. The summed E-state index contributed by atoms with van der Waals surface area (Å²) in [6.07, 6.45) is 2.12. The summed E-state index contributed by atoms with van der Waals surface area (Å²) in [6.45, 7) is 4.25. The summed E-state index contributed by atoms with van der Waals surface area (Å²) in [7, 11) is 0. The highest BCUT2D eigenvalue weighted by molar-refractivity contribution is 5.18. The average Bonchev–Trinajstić information content (AvgIpc) is 2.30. The lowest BCUT2D eigenvalue weighted by atomic mass is 9.92. The van der Waals surface area contributed by atoms with Crippen molar-refractivity contribution in [1.82, 2.24) is 0 Å². The molecule has 0 aromatic heterocycles. The van der Waals surface area contributed by atoms with E-state index < -0.39 is 0 Å². The first kappa shape index (κ1) is 10.4. The molecule has 0 amide bonds. The van der Waals surface area contributed by atoms with Gasteiger partial charge in [-0.25, -0.2) is 0 Å². The van der Waals surface area contributed by atoms with E-state index >= 15 is 0 Å². The van der Waals surface area contributed by atoms with Crippen LogP contribution < -0.4 is 0 Å². The Kier molecular flexibility index (Phi) is 3.19. The second-order valence-corrected chi connectivity index (χ2v) is 3.94. The van der Waals surface area contributed by atoms with Gasteiger partial charge in [0.1, 0.15) is 0 Å². The molecule has 1 fully saturated rings. The molecule has 1 aromatic rings. The summed E-state index contributed by atoms with van der Waals surface area (Å²) in [4.78, 5) is 0. The summed E-state index contributed by atoms with van der Waals surface area (Å²) in [5.41, 5.74) is 1.14. The van der Waals surface area contributed by atoms with Crippen LogP contribution in [0.25, 0.3) is 0 Å². The zero-order valence-electron chi connectivity index (χ0n) is 8.67. The van der Waals surface area contributed by atoms with Crippen LogP contribution in [0.15, 0.2) is 43.0 Å². The summed E-state index contributed by atoms with van der Waals surface area (Å²) >= 11 is 0. The van der Waals surface area contributed by atoms with Gasteiger partial charge in [-0.15, -0.1) is 6.58 Å². The zero-order valence-corrected chi connectivity index (χ0v) is 8.67. The Morgan fingerprint density at radius 1 is 1.33 bits per heavy atom. The van der Waals surface area contributed by atoms with Gasteiger partial charge < -0.3 is 9.84 Å². The van der Waals surface area contributed by atoms with Gasteiger partial charge in [0, 0.05) is 12.3 Å². The van der Waals surface area contributed by atoms with Gasteiger partial charge in [0.2, 0.25) is 0 Å². The number of aliphatic hydroxyl groups excluding tert-OH is 1. The molecular weight excluding hydrogens is 188 g/mol. The summed E-state index contributed by atoms with van der Waals surface area (Å²) in [6, 6.07) is 10.0. The highest BCUT2D eigenvalue weighted by Crippen LogP contribution is 2.30. The first-order valence-corrected chi connectivity index (χ1v) is 5.28. The Balaban J connectivity index is 2.06. The van der Waals surface area contributed by atoms with Gasteiger partial charge in [-0.1, -0.05) is 36.4 Å². The average molecular weight is 204 g/mol. The van der Waals surface area contributed by atoms with Crippen molar-refractivity contribution < 1.29 is 9.84 Å². The van der Waals surface area contributed by atoms with Crippen LogP contribution in [0.5, 0.6) is 0 Å². The van der Waals surface area contributed by atoms with Gasteiger partial charge in [-0.2, -0.15) is 0 Å². The fourth-order valence-electron chi connectivity index (χ4n) is 1.93. The molecule has 2 rings (SSSR count). The molecule has 1 N–H and O–H groups in total. The molecule has 0 spiro atoms. The normalized spacial score (nSPS) is 31.1. The lowest BCUT2D eigenvalue weighted by Gasteiger charge is -2.31. The van der Waals surface area contributed by atoms with Crippen LogP contribution in [0.3, 0.4) is 0 Å². The van der Waals surface area contributed by atoms with E-state index in [1.165, 1.54) is 0 Å². The predicted octanol–water partition coefficient (Wildman–Crippen LogP) is 2.31. The third-order valence-electron chi connectivity index (χ3n) is 2.91. The molecule has 0 bridgehead atoms. The summed E-state index contributed by atoms with van der Waals surface area (Å²) < 4.78 is 5.71. The first-order chi connectivity index (χ1) is 7.31. The van der Waals surface area contributed by atoms with E-state index in [-0.39, 0.29) is 18.1 Å². The number of ether oxygens (including phenoxy) is 1. The van der Waals surface area contributed by atoms with Crippen molar-refractivity contribution in [3.8, 4) is 0 Å². The maximum Gasteiger partial charge on any atom is 0.0850 e. The molecule has 0 saturated carbocycles. The molecule has 1 saturated heterocycles. The number of rotatable bonds is 2. The van der Waals surface area contributed by atoms with Crippen LogP contribution in [0.1, 0.15) is 18.1 Å². The van der Waals surface area contributed by atoms with Crippen molar-refractivity contribution in [2.45, 2.75) is 18.6 Å². The van der Waals surface area contributed by atoms with E-state index in [1.807, 2.05) is 30.3 Å². The fourth-order valence-corrected chi connectivity index (χ4v) is 1.93. The number of hydrogen-bond acceptors (Lipinski definition) is 2. The fraction of sp³-hybridized carbons (Fsp3) is 0.385. The molecule has 2 heteroatoms. The van der Waals surface area contributed by atoms with Crippen LogP contribution in [0.4, 0.5) is 0 Å². The topological polar surface area (TPSA) is 29.5 Å². The maximum atomic E-state index is 9.85. The smallest absolute Gasteiger partial charge is 0.0850 e. The van der Waals surface area contributed by atoms with Gasteiger partial charge in [0.25, 0.3) is 0 Å². The van der Waals surface area contributed by atoms with Gasteiger partial charge in [0.05, 0.1) is 18.8 Å². The quantitative estimate of drug-likeness (QED) is 0.749. The Morgan fingerprint density at radius 2 is 2.07 bits per heavy atom. The largest absolute Gasteiger partial charge is 0.392 e. The minimum Gasteiger partial charge on any atom is -0.392 e. The van der Waals surface area contributed by atoms with E-state index in [1.54, 1.807) is 6.08 Å². The Morgan fingerprint density at radius 3 is 2.67 bits per heavy atom. The molecule has 1 aliphatic rings. The molecular formula is C13H16O2. The second-order valence-electron chi connectivity index (χ2n) is 3.94. The minimum absolute atomic E-state index is 0.0254. The third-order valence-corrected chi connectivity index (χ3v) is 2.91.